The summed E-state index contributed by atoms with van der Waals surface area (Å²) in [6, 6.07) is 3.02. The number of hydrogen-bond acceptors (Lipinski definition) is 4. The lowest BCUT2D eigenvalue weighted by atomic mass is 10.2. The molecule has 1 N–H and O–H groups in total. The van der Waals surface area contributed by atoms with Crippen LogP contribution in [0.4, 0.5) is 8.78 Å². The number of ether oxygens (including phenoxy) is 1. The summed E-state index contributed by atoms with van der Waals surface area (Å²) in [7, 11) is -1.24. The van der Waals surface area contributed by atoms with Crippen LogP contribution in [0.2, 0.25) is 0 Å². The van der Waals surface area contributed by atoms with Crippen LogP contribution in [0.25, 0.3) is 0 Å². The zero-order valence-corrected chi connectivity index (χ0v) is 11.5. The molecule has 0 saturated carbocycles. The van der Waals surface area contributed by atoms with E-state index >= 15 is 0 Å². The maximum atomic E-state index is 12.1. The standard InChI is InChI=1S/C11H13F2NO5S/c1-14(2)20(17,18)7-3-4-9(19-6-10(12)13)8(5-7)11(15)16/h3-5,10H,6H2,1-2H3,(H,15,16). The van der Waals surface area contributed by atoms with E-state index in [0.29, 0.717) is 0 Å². The van der Waals surface area contributed by atoms with Gasteiger partial charge in [-0.3, -0.25) is 0 Å². The van der Waals surface area contributed by atoms with Crippen molar-refractivity contribution in [2.45, 2.75) is 11.3 Å². The second-order valence-corrected chi connectivity index (χ2v) is 6.10. The molecule has 0 spiro atoms. The summed E-state index contributed by atoms with van der Waals surface area (Å²) in [6.45, 7) is -0.972. The molecule has 0 aliphatic rings. The Morgan fingerprint density at radius 1 is 1.40 bits per heavy atom. The molecule has 1 rings (SSSR count). The molecular weight excluding hydrogens is 296 g/mol. The van der Waals surface area contributed by atoms with Crippen LogP contribution in [-0.2, 0) is 10.0 Å². The van der Waals surface area contributed by atoms with E-state index in [1.807, 2.05) is 0 Å². The van der Waals surface area contributed by atoms with Crippen molar-refractivity contribution in [2.75, 3.05) is 20.7 Å². The number of benzene rings is 1. The van der Waals surface area contributed by atoms with Crippen LogP contribution in [0.15, 0.2) is 23.1 Å². The lowest BCUT2D eigenvalue weighted by molar-refractivity contribution is 0.0663. The highest BCUT2D eigenvalue weighted by molar-refractivity contribution is 7.89. The fraction of sp³-hybridized carbons (Fsp3) is 0.364. The van der Waals surface area contributed by atoms with Crippen molar-refractivity contribution in [3.8, 4) is 5.75 Å². The average molecular weight is 309 g/mol. The molecule has 1 aromatic carbocycles. The summed E-state index contributed by atoms with van der Waals surface area (Å²) in [5, 5.41) is 8.98. The van der Waals surface area contributed by atoms with Gasteiger partial charge in [0.2, 0.25) is 10.0 Å². The Morgan fingerprint density at radius 3 is 2.45 bits per heavy atom. The number of rotatable bonds is 6. The predicted octanol–water partition coefficient (Wildman–Crippen LogP) is 1.28. The molecule has 0 aliphatic carbocycles. The van der Waals surface area contributed by atoms with Crippen molar-refractivity contribution in [3.05, 3.63) is 23.8 Å². The molecule has 0 radical (unpaired) electrons. The monoisotopic (exact) mass is 309 g/mol. The lowest BCUT2D eigenvalue weighted by Gasteiger charge is -2.14. The number of hydrogen-bond donors (Lipinski definition) is 1. The van der Waals surface area contributed by atoms with Gasteiger partial charge >= 0.3 is 5.97 Å². The number of alkyl halides is 2. The van der Waals surface area contributed by atoms with E-state index in [-0.39, 0.29) is 10.6 Å². The van der Waals surface area contributed by atoms with Gasteiger partial charge in [-0.2, -0.15) is 0 Å². The third kappa shape index (κ3) is 3.64. The van der Waals surface area contributed by atoms with Crippen molar-refractivity contribution in [1.82, 2.24) is 4.31 Å². The van der Waals surface area contributed by atoms with Crippen molar-refractivity contribution >= 4 is 16.0 Å². The van der Waals surface area contributed by atoms with Gasteiger partial charge in [0.15, 0.2) is 0 Å². The fourth-order valence-corrected chi connectivity index (χ4v) is 2.25. The van der Waals surface area contributed by atoms with Crippen molar-refractivity contribution in [2.24, 2.45) is 0 Å². The van der Waals surface area contributed by atoms with Crippen LogP contribution in [-0.4, -0.2) is 50.9 Å². The summed E-state index contributed by atoms with van der Waals surface area (Å²) in [4.78, 5) is 10.8. The van der Waals surface area contributed by atoms with Gasteiger partial charge in [-0.25, -0.2) is 26.3 Å². The van der Waals surface area contributed by atoms with Gasteiger partial charge in [-0.05, 0) is 18.2 Å². The average Bonchev–Trinajstić information content (AvgIpc) is 2.35. The fourth-order valence-electron chi connectivity index (χ4n) is 1.33. The van der Waals surface area contributed by atoms with Crippen LogP contribution in [0.5, 0.6) is 5.75 Å². The molecule has 0 atom stereocenters. The zero-order chi connectivity index (χ0) is 15.5. The molecule has 0 fully saturated rings. The van der Waals surface area contributed by atoms with E-state index in [2.05, 4.69) is 4.74 Å². The number of sulfonamides is 1. The summed E-state index contributed by atoms with van der Waals surface area (Å²) in [5.74, 6) is -1.78. The minimum Gasteiger partial charge on any atom is -0.487 e. The van der Waals surface area contributed by atoms with E-state index in [1.54, 1.807) is 0 Å². The Balaban J connectivity index is 3.24. The summed E-state index contributed by atoms with van der Waals surface area (Å²) < 4.78 is 53.4. The Bertz CT molecular complexity index is 601. The maximum absolute atomic E-state index is 12.1. The topological polar surface area (TPSA) is 83.9 Å². The van der Waals surface area contributed by atoms with Gasteiger partial charge in [0.05, 0.1) is 4.90 Å². The number of carbonyl (C=O) groups is 1. The molecule has 0 aliphatic heterocycles. The van der Waals surface area contributed by atoms with Crippen LogP contribution < -0.4 is 4.74 Å². The number of aromatic carboxylic acids is 1. The molecule has 20 heavy (non-hydrogen) atoms. The first-order valence-electron chi connectivity index (χ1n) is 5.37. The molecule has 0 saturated heterocycles. The number of halogens is 2. The lowest BCUT2D eigenvalue weighted by Crippen LogP contribution is -2.22. The Kier molecular flexibility index (Phi) is 5.01. The largest absolute Gasteiger partial charge is 0.487 e. The van der Waals surface area contributed by atoms with Crippen LogP contribution in [0.1, 0.15) is 10.4 Å². The third-order valence-corrected chi connectivity index (χ3v) is 4.14. The molecule has 112 valence electrons. The minimum absolute atomic E-state index is 0.260. The summed E-state index contributed by atoms with van der Waals surface area (Å²) in [5.41, 5.74) is -0.492. The maximum Gasteiger partial charge on any atom is 0.339 e. The first-order chi connectivity index (χ1) is 9.16. The molecular formula is C11H13F2NO5S. The number of carboxylic acid groups (broad SMARTS) is 1. The third-order valence-electron chi connectivity index (χ3n) is 2.32. The molecule has 1 aromatic rings. The van der Waals surface area contributed by atoms with Crippen molar-refractivity contribution in [3.63, 3.8) is 0 Å². The normalized spacial score (nSPS) is 11.9. The Morgan fingerprint density at radius 2 is 2.00 bits per heavy atom. The van der Waals surface area contributed by atoms with Gasteiger partial charge in [-0.15, -0.1) is 0 Å². The highest BCUT2D eigenvalue weighted by Crippen LogP contribution is 2.24. The van der Waals surface area contributed by atoms with Crippen molar-refractivity contribution < 1.29 is 31.8 Å². The van der Waals surface area contributed by atoms with Crippen molar-refractivity contribution in [1.29, 1.82) is 0 Å². The van der Waals surface area contributed by atoms with Gasteiger partial charge < -0.3 is 9.84 Å². The molecule has 0 unspecified atom stereocenters. The van der Waals surface area contributed by atoms with Gasteiger partial charge in [0.1, 0.15) is 17.9 Å². The van der Waals surface area contributed by atoms with Gasteiger partial charge in [-0.1, -0.05) is 0 Å². The number of carboxylic acids is 1. The van der Waals surface area contributed by atoms with Crippen LogP contribution >= 0.6 is 0 Å². The SMILES string of the molecule is CN(C)S(=O)(=O)c1ccc(OCC(F)F)c(C(=O)O)c1. The quantitative estimate of drug-likeness (QED) is 0.855. The Labute approximate surface area is 114 Å². The Hall–Kier alpha value is -1.74. The minimum atomic E-state index is -3.81. The molecule has 0 bridgehead atoms. The van der Waals surface area contributed by atoms with E-state index in [9.17, 15) is 22.0 Å². The molecule has 0 amide bonds. The predicted molar refractivity (Wildman–Crippen MR) is 65.8 cm³/mol. The van der Waals surface area contributed by atoms with Gasteiger partial charge in [0.25, 0.3) is 6.43 Å². The second-order valence-electron chi connectivity index (χ2n) is 3.95. The van der Waals surface area contributed by atoms with E-state index in [0.717, 1.165) is 22.5 Å². The first kappa shape index (κ1) is 16.3. The van der Waals surface area contributed by atoms with E-state index in [4.69, 9.17) is 5.11 Å². The van der Waals surface area contributed by atoms with E-state index in [1.165, 1.54) is 14.1 Å². The highest BCUT2D eigenvalue weighted by Gasteiger charge is 2.22. The second kappa shape index (κ2) is 6.14. The van der Waals surface area contributed by atoms with Crippen LogP contribution in [0.3, 0.4) is 0 Å². The summed E-state index contributed by atoms with van der Waals surface area (Å²) >= 11 is 0. The number of nitrogens with zero attached hydrogens (tertiary/aromatic N) is 1. The first-order valence-corrected chi connectivity index (χ1v) is 6.81. The highest BCUT2D eigenvalue weighted by atomic mass is 32.2. The zero-order valence-electron chi connectivity index (χ0n) is 10.7. The molecule has 0 heterocycles. The van der Waals surface area contributed by atoms with Gasteiger partial charge in [0, 0.05) is 14.1 Å². The smallest absolute Gasteiger partial charge is 0.339 e. The molecule has 6 nitrogen and oxygen atoms in total. The van der Waals surface area contributed by atoms with E-state index < -0.39 is 34.6 Å². The molecule has 9 heteroatoms. The van der Waals surface area contributed by atoms with Crippen LogP contribution in [0, 0.1) is 0 Å². The molecule has 0 aromatic heterocycles. The summed E-state index contributed by atoms with van der Waals surface area (Å²) in [6.07, 6.45) is -2.76.